The van der Waals surface area contributed by atoms with Crippen molar-refractivity contribution in [2.75, 3.05) is 13.7 Å². The van der Waals surface area contributed by atoms with Crippen molar-refractivity contribution >= 4 is 24.5 Å². The molecular formula is C18H27BN2O5. The van der Waals surface area contributed by atoms with Gasteiger partial charge in [-0.25, -0.2) is 9.78 Å². The summed E-state index contributed by atoms with van der Waals surface area (Å²) in [7, 11) is 0.498. The van der Waals surface area contributed by atoms with Crippen LogP contribution >= 0.6 is 0 Å². The summed E-state index contributed by atoms with van der Waals surface area (Å²) < 4.78 is 16.8. The molecule has 7 nitrogen and oxygen atoms in total. The van der Waals surface area contributed by atoms with Gasteiger partial charge in [0.25, 0.3) is 5.91 Å². The van der Waals surface area contributed by atoms with Crippen molar-refractivity contribution in [3.05, 3.63) is 23.5 Å². The average Bonchev–Trinajstić information content (AvgIpc) is 2.78. The lowest BCUT2D eigenvalue weighted by Gasteiger charge is -2.32. The monoisotopic (exact) mass is 362 g/mol. The van der Waals surface area contributed by atoms with Crippen LogP contribution in [-0.4, -0.2) is 48.8 Å². The number of pyridine rings is 1. The highest BCUT2D eigenvalue weighted by Gasteiger charge is 2.52. The lowest BCUT2D eigenvalue weighted by atomic mass is 9.77. The third kappa shape index (κ3) is 4.07. The molecule has 1 aromatic heterocycles. The zero-order valence-corrected chi connectivity index (χ0v) is 16.5. The molecule has 0 saturated carbocycles. The summed E-state index contributed by atoms with van der Waals surface area (Å²) >= 11 is 0. The summed E-state index contributed by atoms with van der Waals surface area (Å²) in [4.78, 5) is 28.7. The van der Waals surface area contributed by atoms with E-state index in [4.69, 9.17) is 14.0 Å². The van der Waals surface area contributed by atoms with Gasteiger partial charge in [0.05, 0.1) is 18.3 Å². The predicted octanol–water partition coefficient (Wildman–Crippen LogP) is 1.55. The highest BCUT2D eigenvalue weighted by molar-refractivity contribution is 6.63. The SMILES string of the molecule is COC(=O)c1nc(C(=O)NCC(C)C)ccc1B1OC(C)(C)C(C)(C)O1. The summed E-state index contributed by atoms with van der Waals surface area (Å²) in [5, 5.41) is 2.78. The number of amides is 1. The van der Waals surface area contributed by atoms with Crippen LogP contribution in [0.15, 0.2) is 12.1 Å². The lowest BCUT2D eigenvalue weighted by Crippen LogP contribution is -2.41. The average molecular weight is 362 g/mol. The Morgan fingerprint density at radius 1 is 1.19 bits per heavy atom. The second-order valence-electron chi connectivity index (χ2n) is 7.82. The summed E-state index contributed by atoms with van der Waals surface area (Å²) in [6.45, 7) is 12.2. The van der Waals surface area contributed by atoms with Crippen LogP contribution in [0.25, 0.3) is 0 Å². The Balaban J connectivity index is 2.36. The van der Waals surface area contributed by atoms with Crippen molar-refractivity contribution in [2.24, 2.45) is 5.92 Å². The van der Waals surface area contributed by atoms with Gasteiger partial charge in [-0.1, -0.05) is 19.9 Å². The molecule has 1 amide bonds. The molecule has 2 rings (SSSR count). The molecular weight excluding hydrogens is 335 g/mol. The smallest absolute Gasteiger partial charge is 0.464 e. The Morgan fingerprint density at radius 2 is 1.77 bits per heavy atom. The van der Waals surface area contributed by atoms with Gasteiger partial charge in [-0.3, -0.25) is 4.79 Å². The fourth-order valence-electron chi connectivity index (χ4n) is 2.40. The first-order chi connectivity index (χ1) is 12.0. The molecule has 0 aromatic carbocycles. The quantitative estimate of drug-likeness (QED) is 0.632. The predicted molar refractivity (Wildman–Crippen MR) is 98.5 cm³/mol. The second-order valence-corrected chi connectivity index (χ2v) is 7.82. The van der Waals surface area contributed by atoms with Crippen LogP contribution in [0.4, 0.5) is 0 Å². The molecule has 1 aliphatic heterocycles. The fourth-order valence-corrected chi connectivity index (χ4v) is 2.40. The first-order valence-corrected chi connectivity index (χ1v) is 8.71. The summed E-state index contributed by atoms with van der Waals surface area (Å²) in [6.07, 6.45) is 0. The molecule has 0 unspecified atom stereocenters. The van der Waals surface area contributed by atoms with Crippen molar-refractivity contribution in [2.45, 2.75) is 52.7 Å². The van der Waals surface area contributed by atoms with E-state index in [0.717, 1.165) is 0 Å². The van der Waals surface area contributed by atoms with Crippen molar-refractivity contribution in [3.8, 4) is 0 Å². The Hall–Kier alpha value is -1.93. The standard InChI is InChI=1S/C18H27BN2O5/c1-11(2)10-20-15(22)13-9-8-12(14(21-13)16(23)24-7)19-25-17(3,4)18(5,6)26-19/h8-9,11H,10H2,1-7H3,(H,20,22). The molecule has 2 heterocycles. The molecule has 0 atom stereocenters. The minimum atomic E-state index is -0.769. The maximum atomic E-state index is 12.3. The topological polar surface area (TPSA) is 86.8 Å². The molecule has 0 radical (unpaired) electrons. The van der Waals surface area contributed by atoms with E-state index >= 15 is 0 Å². The Kier molecular flexibility index (Phi) is 5.77. The van der Waals surface area contributed by atoms with Crippen molar-refractivity contribution < 1.29 is 23.6 Å². The highest BCUT2D eigenvalue weighted by Crippen LogP contribution is 2.36. The third-order valence-electron chi connectivity index (χ3n) is 4.72. The zero-order chi connectivity index (χ0) is 19.7. The van der Waals surface area contributed by atoms with Gasteiger partial charge < -0.3 is 19.4 Å². The second kappa shape index (κ2) is 7.36. The molecule has 1 aromatic rings. The number of hydrogen-bond acceptors (Lipinski definition) is 6. The van der Waals surface area contributed by atoms with Gasteiger partial charge in [0.1, 0.15) is 11.4 Å². The number of nitrogens with zero attached hydrogens (tertiary/aromatic N) is 1. The molecule has 1 saturated heterocycles. The van der Waals surface area contributed by atoms with Gasteiger partial charge in [0.2, 0.25) is 0 Å². The molecule has 1 fully saturated rings. The maximum absolute atomic E-state index is 12.3. The van der Waals surface area contributed by atoms with Crippen LogP contribution in [-0.2, 0) is 14.0 Å². The number of rotatable bonds is 5. The van der Waals surface area contributed by atoms with E-state index in [1.165, 1.54) is 7.11 Å². The van der Waals surface area contributed by atoms with E-state index in [0.29, 0.717) is 17.9 Å². The van der Waals surface area contributed by atoms with Crippen molar-refractivity contribution in [1.29, 1.82) is 0 Å². The number of nitrogens with one attached hydrogen (secondary N) is 1. The van der Waals surface area contributed by atoms with Crippen LogP contribution in [0, 0.1) is 5.92 Å². The van der Waals surface area contributed by atoms with E-state index in [-0.39, 0.29) is 17.3 Å². The van der Waals surface area contributed by atoms with Crippen LogP contribution in [0.1, 0.15) is 62.5 Å². The van der Waals surface area contributed by atoms with Gasteiger partial charge in [-0.15, -0.1) is 0 Å². The highest BCUT2D eigenvalue weighted by atomic mass is 16.7. The number of ether oxygens (including phenoxy) is 1. The van der Waals surface area contributed by atoms with Gasteiger partial charge in [-0.05, 0) is 39.7 Å². The first kappa shape index (κ1) is 20.4. The minimum absolute atomic E-state index is 0.0168. The Morgan fingerprint density at radius 3 is 2.27 bits per heavy atom. The molecule has 0 spiro atoms. The third-order valence-corrected chi connectivity index (χ3v) is 4.72. The minimum Gasteiger partial charge on any atom is -0.464 e. The van der Waals surface area contributed by atoms with Crippen LogP contribution in [0.5, 0.6) is 0 Å². The molecule has 8 heteroatoms. The zero-order valence-electron chi connectivity index (χ0n) is 16.5. The van der Waals surface area contributed by atoms with Gasteiger partial charge in [-0.2, -0.15) is 0 Å². The Labute approximate surface area is 154 Å². The fraction of sp³-hybridized carbons (Fsp3) is 0.611. The summed E-state index contributed by atoms with van der Waals surface area (Å²) in [5.74, 6) is -0.680. The lowest BCUT2D eigenvalue weighted by molar-refractivity contribution is 0.00578. The number of carbonyl (C=O) groups excluding carboxylic acids is 2. The molecule has 0 bridgehead atoms. The van der Waals surface area contributed by atoms with Crippen LogP contribution in [0.2, 0.25) is 0 Å². The van der Waals surface area contributed by atoms with Crippen molar-refractivity contribution in [1.82, 2.24) is 10.3 Å². The van der Waals surface area contributed by atoms with Crippen molar-refractivity contribution in [3.63, 3.8) is 0 Å². The molecule has 1 aliphatic rings. The first-order valence-electron chi connectivity index (χ1n) is 8.71. The van der Waals surface area contributed by atoms with Gasteiger partial charge >= 0.3 is 13.1 Å². The molecule has 142 valence electrons. The summed E-state index contributed by atoms with van der Waals surface area (Å²) in [5.41, 5.74) is -0.512. The Bertz CT molecular complexity index is 687. The van der Waals surface area contributed by atoms with E-state index in [1.807, 2.05) is 41.5 Å². The molecule has 0 aliphatic carbocycles. The number of hydrogen-bond donors (Lipinski definition) is 1. The number of aromatic nitrogens is 1. The van der Waals surface area contributed by atoms with Gasteiger partial charge in [0.15, 0.2) is 0 Å². The van der Waals surface area contributed by atoms with E-state index in [9.17, 15) is 9.59 Å². The van der Waals surface area contributed by atoms with Crippen LogP contribution in [0.3, 0.4) is 0 Å². The molecule has 26 heavy (non-hydrogen) atoms. The van der Waals surface area contributed by atoms with Crippen LogP contribution < -0.4 is 10.8 Å². The number of esters is 1. The number of carbonyl (C=O) groups is 2. The van der Waals surface area contributed by atoms with E-state index in [1.54, 1.807) is 12.1 Å². The summed E-state index contributed by atoms with van der Waals surface area (Å²) in [6, 6.07) is 3.19. The normalized spacial score (nSPS) is 18.1. The van der Waals surface area contributed by atoms with Gasteiger partial charge in [0, 0.05) is 12.0 Å². The maximum Gasteiger partial charge on any atom is 0.497 e. The number of methoxy groups -OCH3 is 1. The molecule has 1 N–H and O–H groups in total. The van der Waals surface area contributed by atoms with E-state index in [2.05, 4.69) is 10.3 Å². The van der Waals surface area contributed by atoms with E-state index < -0.39 is 24.3 Å². The largest absolute Gasteiger partial charge is 0.497 e.